The van der Waals surface area contributed by atoms with Crippen molar-refractivity contribution in [1.29, 1.82) is 5.41 Å². The lowest BCUT2D eigenvalue weighted by Gasteiger charge is -2.11. The lowest BCUT2D eigenvalue weighted by molar-refractivity contribution is 1.08. The van der Waals surface area contributed by atoms with E-state index in [2.05, 4.69) is 31.0 Å². The molecule has 0 saturated carbocycles. The molecule has 0 unspecified atom stereocenters. The number of nitrogens with one attached hydrogen (secondary N) is 1. The average molecular weight is 299 g/mol. The number of imidazole rings is 1. The fourth-order valence-corrected chi connectivity index (χ4v) is 2.56. The summed E-state index contributed by atoms with van der Waals surface area (Å²) in [6, 6.07) is 9.50. The summed E-state index contributed by atoms with van der Waals surface area (Å²) in [5, 5.41) is 8.30. The number of aromatic nitrogens is 2. The standard InChI is InChI=1S/C16H15ClN4/c1-9-5-13-15(6-10(9)2)21(8-20-13)14-4-3-11(17)7-12(14)16(18)19/h3-8H,1-2H3,(H3,18,19). The molecule has 1 aromatic heterocycles. The normalized spacial score (nSPS) is 11.0. The van der Waals surface area contributed by atoms with Gasteiger partial charge in [-0.25, -0.2) is 4.98 Å². The molecule has 3 N–H and O–H groups in total. The van der Waals surface area contributed by atoms with Crippen LogP contribution >= 0.6 is 11.6 Å². The van der Waals surface area contributed by atoms with Crippen molar-refractivity contribution in [3.8, 4) is 5.69 Å². The van der Waals surface area contributed by atoms with E-state index in [-0.39, 0.29) is 5.84 Å². The third kappa shape index (κ3) is 2.28. The Morgan fingerprint density at radius 3 is 2.62 bits per heavy atom. The third-order valence-electron chi connectivity index (χ3n) is 3.67. The zero-order chi connectivity index (χ0) is 15.1. The van der Waals surface area contributed by atoms with Crippen molar-refractivity contribution in [3.63, 3.8) is 0 Å². The maximum Gasteiger partial charge on any atom is 0.124 e. The van der Waals surface area contributed by atoms with Crippen LogP contribution in [0.25, 0.3) is 16.7 Å². The molecule has 0 bridgehead atoms. The summed E-state index contributed by atoms with van der Waals surface area (Å²) in [5.41, 5.74) is 11.4. The minimum atomic E-state index is -0.0156. The number of hydrogen-bond acceptors (Lipinski definition) is 2. The predicted molar refractivity (Wildman–Crippen MR) is 86.6 cm³/mol. The van der Waals surface area contributed by atoms with Crippen molar-refractivity contribution in [2.75, 3.05) is 0 Å². The van der Waals surface area contributed by atoms with Crippen molar-refractivity contribution in [1.82, 2.24) is 9.55 Å². The van der Waals surface area contributed by atoms with E-state index in [1.807, 2.05) is 10.6 Å². The van der Waals surface area contributed by atoms with Crippen LogP contribution in [-0.4, -0.2) is 15.4 Å². The molecule has 4 nitrogen and oxygen atoms in total. The van der Waals surface area contributed by atoms with E-state index in [4.69, 9.17) is 22.7 Å². The first-order chi connectivity index (χ1) is 9.97. The summed E-state index contributed by atoms with van der Waals surface area (Å²) in [4.78, 5) is 4.44. The monoisotopic (exact) mass is 298 g/mol. The molecule has 3 rings (SSSR count). The number of rotatable bonds is 2. The molecule has 1 heterocycles. The van der Waals surface area contributed by atoms with Gasteiger partial charge in [-0.1, -0.05) is 11.6 Å². The zero-order valence-corrected chi connectivity index (χ0v) is 12.6. The summed E-state index contributed by atoms with van der Waals surface area (Å²) < 4.78 is 1.94. The van der Waals surface area contributed by atoms with Crippen LogP contribution in [0.4, 0.5) is 0 Å². The van der Waals surface area contributed by atoms with Crippen LogP contribution in [0.15, 0.2) is 36.7 Å². The molecular weight excluding hydrogens is 284 g/mol. The lowest BCUT2D eigenvalue weighted by Crippen LogP contribution is -2.14. The van der Waals surface area contributed by atoms with Crippen molar-refractivity contribution in [2.24, 2.45) is 5.73 Å². The van der Waals surface area contributed by atoms with Gasteiger partial charge in [0.15, 0.2) is 0 Å². The van der Waals surface area contributed by atoms with E-state index < -0.39 is 0 Å². The topological polar surface area (TPSA) is 67.7 Å². The van der Waals surface area contributed by atoms with Crippen LogP contribution in [0.5, 0.6) is 0 Å². The number of benzene rings is 2. The van der Waals surface area contributed by atoms with Crippen LogP contribution < -0.4 is 5.73 Å². The van der Waals surface area contributed by atoms with Gasteiger partial charge in [0.1, 0.15) is 12.2 Å². The molecule has 0 aliphatic heterocycles. The molecule has 0 radical (unpaired) electrons. The van der Waals surface area contributed by atoms with Gasteiger partial charge in [-0.15, -0.1) is 0 Å². The van der Waals surface area contributed by atoms with Gasteiger partial charge in [-0.3, -0.25) is 9.98 Å². The molecule has 0 atom stereocenters. The van der Waals surface area contributed by atoms with E-state index in [0.717, 1.165) is 16.7 Å². The first kappa shape index (κ1) is 13.6. The summed E-state index contributed by atoms with van der Waals surface area (Å²) >= 11 is 6.01. The summed E-state index contributed by atoms with van der Waals surface area (Å²) in [5.74, 6) is -0.0156. The Labute approximate surface area is 127 Å². The Hall–Kier alpha value is -2.33. The minimum absolute atomic E-state index is 0.0156. The Balaban J connectivity index is 2.31. The molecule has 0 amide bonds. The molecule has 0 aliphatic carbocycles. The molecular formula is C16H15ClN4. The van der Waals surface area contributed by atoms with Crippen LogP contribution in [0.2, 0.25) is 5.02 Å². The van der Waals surface area contributed by atoms with Crippen molar-refractivity contribution < 1.29 is 0 Å². The number of amidine groups is 1. The van der Waals surface area contributed by atoms with Crippen molar-refractivity contribution >= 4 is 28.5 Å². The molecule has 0 spiro atoms. The van der Waals surface area contributed by atoms with E-state index in [1.165, 1.54) is 11.1 Å². The highest BCUT2D eigenvalue weighted by Gasteiger charge is 2.12. The highest BCUT2D eigenvalue weighted by Crippen LogP contribution is 2.25. The van der Waals surface area contributed by atoms with Gasteiger partial charge in [0.05, 0.1) is 16.7 Å². The minimum Gasteiger partial charge on any atom is -0.384 e. The van der Waals surface area contributed by atoms with Crippen LogP contribution in [0.3, 0.4) is 0 Å². The van der Waals surface area contributed by atoms with Crippen LogP contribution in [0.1, 0.15) is 16.7 Å². The maximum atomic E-state index is 7.75. The number of nitrogen functional groups attached to an aromatic ring is 1. The third-order valence-corrected chi connectivity index (χ3v) is 3.91. The zero-order valence-electron chi connectivity index (χ0n) is 11.8. The van der Waals surface area contributed by atoms with Crippen LogP contribution in [-0.2, 0) is 0 Å². The van der Waals surface area contributed by atoms with Gasteiger partial charge < -0.3 is 5.73 Å². The number of aryl methyl sites for hydroxylation is 2. The van der Waals surface area contributed by atoms with Crippen LogP contribution in [0, 0.1) is 19.3 Å². The molecule has 0 aliphatic rings. The summed E-state index contributed by atoms with van der Waals surface area (Å²) in [6.07, 6.45) is 1.75. The first-order valence-electron chi connectivity index (χ1n) is 6.56. The summed E-state index contributed by atoms with van der Waals surface area (Å²) in [6.45, 7) is 4.14. The van der Waals surface area contributed by atoms with E-state index in [9.17, 15) is 0 Å². The largest absolute Gasteiger partial charge is 0.384 e. The number of nitrogens with zero attached hydrogens (tertiary/aromatic N) is 2. The quantitative estimate of drug-likeness (QED) is 0.561. The number of fused-ring (bicyclic) bond motifs is 1. The molecule has 5 heteroatoms. The van der Waals surface area contributed by atoms with Gasteiger partial charge in [0, 0.05) is 10.6 Å². The van der Waals surface area contributed by atoms with Crippen molar-refractivity contribution in [2.45, 2.75) is 13.8 Å². The number of hydrogen-bond donors (Lipinski definition) is 2. The number of halogens is 1. The number of nitrogens with two attached hydrogens (primary N) is 1. The van der Waals surface area contributed by atoms with Gasteiger partial charge in [-0.05, 0) is 55.3 Å². The molecule has 0 fully saturated rings. The van der Waals surface area contributed by atoms with Crippen molar-refractivity contribution in [3.05, 3.63) is 58.4 Å². The average Bonchev–Trinajstić information content (AvgIpc) is 2.82. The molecule has 21 heavy (non-hydrogen) atoms. The Bertz CT molecular complexity index is 864. The fourth-order valence-electron chi connectivity index (χ4n) is 2.39. The van der Waals surface area contributed by atoms with E-state index in [1.54, 1.807) is 18.5 Å². The Kier molecular flexibility index (Phi) is 3.18. The first-order valence-corrected chi connectivity index (χ1v) is 6.94. The van der Waals surface area contributed by atoms with Gasteiger partial charge in [0.25, 0.3) is 0 Å². The molecule has 0 saturated heterocycles. The second kappa shape index (κ2) is 4.90. The second-order valence-corrected chi connectivity index (χ2v) is 5.55. The molecule has 106 valence electrons. The Morgan fingerprint density at radius 1 is 1.19 bits per heavy atom. The smallest absolute Gasteiger partial charge is 0.124 e. The highest BCUT2D eigenvalue weighted by molar-refractivity contribution is 6.31. The lowest BCUT2D eigenvalue weighted by atomic mass is 10.1. The molecule has 3 aromatic rings. The molecule has 2 aromatic carbocycles. The second-order valence-electron chi connectivity index (χ2n) is 5.11. The fraction of sp³-hybridized carbons (Fsp3) is 0.125. The summed E-state index contributed by atoms with van der Waals surface area (Å²) in [7, 11) is 0. The SMILES string of the molecule is Cc1cc2ncn(-c3ccc(Cl)cc3C(=N)N)c2cc1C. The maximum absolute atomic E-state index is 7.75. The Morgan fingerprint density at radius 2 is 1.90 bits per heavy atom. The highest BCUT2D eigenvalue weighted by atomic mass is 35.5. The van der Waals surface area contributed by atoms with E-state index >= 15 is 0 Å². The van der Waals surface area contributed by atoms with Gasteiger partial charge in [-0.2, -0.15) is 0 Å². The van der Waals surface area contributed by atoms with E-state index in [0.29, 0.717) is 10.6 Å². The predicted octanol–water partition coefficient (Wildman–Crippen LogP) is 3.58. The van der Waals surface area contributed by atoms with Gasteiger partial charge in [0.2, 0.25) is 0 Å². The van der Waals surface area contributed by atoms with Gasteiger partial charge >= 0.3 is 0 Å².